The molecular formula is C22H28N3O10P. The molecule has 196 valence electrons. The fourth-order valence-corrected chi connectivity index (χ4v) is 5.44. The van der Waals surface area contributed by atoms with Crippen LogP contribution in [0.5, 0.6) is 5.75 Å². The minimum absolute atomic E-state index is 0.121. The highest BCUT2D eigenvalue weighted by molar-refractivity contribution is 7.52. The molecule has 2 aromatic rings. The monoisotopic (exact) mass is 525 g/mol. The van der Waals surface area contributed by atoms with Crippen LogP contribution in [0.1, 0.15) is 27.0 Å². The van der Waals surface area contributed by atoms with Crippen LogP contribution in [0.15, 0.2) is 52.2 Å². The van der Waals surface area contributed by atoms with E-state index in [0.717, 1.165) is 10.6 Å². The predicted molar refractivity (Wildman–Crippen MR) is 124 cm³/mol. The van der Waals surface area contributed by atoms with E-state index in [-0.39, 0.29) is 18.5 Å². The maximum Gasteiger partial charge on any atom is 0.459 e. The highest BCUT2D eigenvalue weighted by atomic mass is 31.2. The first-order valence-corrected chi connectivity index (χ1v) is 12.8. The number of carbonyl (C=O) groups excluding carboxylic acids is 1. The summed E-state index contributed by atoms with van der Waals surface area (Å²) in [4.78, 5) is 38.1. The summed E-state index contributed by atoms with van der Waals surface area (Å²) < 4.78 is 42.8. The zero-order valence-corrected chi connectivity index (χ0v) is 20.8. The molecule has 36 heavy (non-hydrogen) atoms. The van der Waals surface area contributed by atoms with Gasteiger partial charge in [0.25, 0.3) is 5.56 Å². The molecule has 3 heterocycles. The number of para-hydroxylation sites is 1. The minimum Gasteiger partial charge on any atom is -0.462 e. The van der Waals surface area contributed by atoms with Crippen molar-refractivity contribution in [3.63, 3.8) is 0 Å². The van der Waals surface area contributed by atoms with Gasteiger partial charge in [-0.15, -0.1) is 0 Å². The van der Waals surface area contributed by atoms with E-state index in [9.17, 15) is 24.1 Å². The van der Waals surface area contributed by atoms with Gasteiger partial charge in [-0.2, -0.15) is 5.09 Å². The fraction of sp³-hybridized carbons (Fsp3) is 0.500. The third-order valence-electron chi connectivity index (χ3n) is 5.64. The topological polar surface area (TPSA) is 167 Å². The van der Waals surface area contributed by atoms with E-state index in [0.29, 0.717) is 0 Å². The molecule has 13 nitrogen and oxygen atoms in total. The van der Waals surface area contributed by atoms with Crippen LogP contribution in [0.25, 0.3) is 0 Å². The Morgan fingerprint density at radius 3 is 2.67 bits per heavy atom. The maximum absolute atomic E-state index is 13.7. The molecule has 4 rings (SSSR count). The molecule has 6 atom stereocenters. The average Bonchev–Trinajstić information content (AvgIpc) is 3.27. The lowest BCUT2D eigenvalue weighted by molar-refractivity contribution is -0.185. The standard InChI is InChI=1S/C22H28N3O10P/c1-13(2)33-20(28)14(3)24-36(30,35-15-7-5-4-6-8-15)32-12-22-11-31-17(18(22)27)19(34-22)25-10-9-16(26)23-21(25)29/h4-10,13-14,17-19,27H,11-12H2,1-3H3,(H,24,30)(H,23,26,29)/t14-,17?,18+,19?,22-,36?/m1/s1. The number of esters is 1. The van der Waals surface area contributed by atoms with Crippen molar-refractivity contribution < 1.29 is 37.7 Å². The van der Waals surface area contributed by atoms with Crippen molar-refractivity contribution in [1.82, 2.24) is 14.6 Å². The maximum atomic E-state index is 13.7. The number of H-pyrrole nitrogens is 1. The number of nitrogens with zero attached hydrogens (tertiary/aromatic N) is 1. The van der Waals surface area contributed by atoms with Gasteiger partial charge in [-0.3, -0.25) is 23.7 Å². The molecule has 0 saturated carbocycles. The van der Waals surface area contributed by atoms with Crippen LogP contribution >= 0.6 is 7.75 Å². The van der Waals surface area contributed by atoms with Crippen molar-refractivity contribution >= 4 is 13.7 Å². The molecule has 1 aromatic heterocycles. The first-order chi connectivity index (χ1) is 17.0. The first kappa shape index (κ1) is 26.3. The summed E-state index contributed by atoms with van der Waals surface area (Å²) >= 11 is 0. The smallest absolute Gasteiger partial charge is 0.459 e. The van der Waals surface area contributed by atoms with Gasteiger partial charge < -0.3 is 23.8 Å². The Morgan fingerprint density at radius 1 is 1.28 bits per heavy atom. The van der Waals surface area contributed by atoms with Gasteiger partial charge in [0, 0.05) is 12.3 Å². The lowest BCUT2D eigenvalue weighted by atomic mass is 10.0. The molecule has 1 aromatic carbocycles. The van der Waals surface area contributed by atoms with Crippen molar-refractivity contribution in [3.8, 4) is 5.75 Å². The van der Waals surface area contributed by atoms with E-state index < -0.39 is 61.7 Å². The fourth-order valence-electron chi connectivity index (χ4n) is 3.90. The minimum atomic E-state index is -4.23. The second-order valence-corrected chi connectivity index (χ2v) is 10.5. The quantitative estimate of drug-likeness (QED) is 0.295. The molecule has 2 aliphatic rings. The lowest BCUT2D eigenvalue weighted by Crippen LogP contribution is -2.46. The van der Waals surface area contributed by atoms with Crippen molar-refractivity contribution in [2.45, 2.75) is 57.0 Å². The molecule has 14 heteroatoms. The number of nitrogens with one attached hydrogen (secondary N) is 2. The van der Waals surface area contributed by atoms with E-state index in [2.05, 4.69) is 10.1 Å². The van der Waals surface area contributed by atoms with Gasteiger partial charge in [-0.25, -0.2) is 9.36 Å². The van der Waals surface area contributed by atoms with Gasteiger partial charge >= 0.3 is 19.4 Å². The summed E-state index contributed by atoms with van der Waals surface area (Å²) in [6, 6.07) is 8.26. The number of hydrogen-bond donors (Lipinski definition) is 3. The number of ether oxygens (including phenoxy) is 3. The SMILES string of the molecule is CC(C)OC(=O)[C@@H](C)NP(=O)(OC[C@@]12COC(C(n3ccc(=O)[nH]c3=O)O1)[C@@H]2O)Oc1ccccc1. The zero-order chi connectivity index (χ0) is 26.1. The number of carbonyl (C=O) groups is 1. The van der Waals surface area contributed by atoms with Crippen LogP contribution in [0, 0.1) is 0 Å². The van der Waals surface area contributed by atoms with Gasteiger partial charge in [-0.05, 0) is 32.9 Å². The van der Waals surface area contributed by atoms with Gasteiger partial charge in [0.05, 0.1) is 19.3 Å². The summed E-state index contributed by atoms with van der Waals surface area (Å²) in [5.41, 5.74) is -2.83. The molecular weight excluding hydrogens is 497 g/mol. The second-order valence-electron chi connectivity index (χ2n) is 8.82. The van der Waals surface area contributed by atoms with Gasteiger partial charge in [0.15, 0.2) is 6.23 Å². The largest absolute Gasteiger partial charge is 0.462 e. The van der Waals surface area contributed by atoms with Crippen LogP contribution in [0.3, 0.4) is 0 Å². The Bertz CT molecular complexity index is 1250. The molecule has 2 aliphatic heterocycles. The molecule has 2 bridgehead atoms. The number of rotatable bonds is 10. The summed E-state index contributed by atoms with van der Waals surface area (Å²) in [7, 11) is -4.23. The lowest BCUT2D eigenvalue weighted by Gasteiger charge is -2.32. The Morgan fingerprint density at radius 2 is 2.00 bits per heavy atom. The molecule has 0 radical (unpaired) electrons. The molecule has 0 spiro atoms. The first-order valence-electron chi connectivity index (χ1n) is 11.3. The summed E-state index contributed by atoms with van der Waals surface area (Å²) in [6.07, 6.45) is -2.43. The Labute approximate surface area is 205 Å². The van der Waals surface area contributed by atoms with Crippen molar-refractivity contribution in [2.24, 2.45) is 0 Å². The predicted octanol–water partition coefficient (Wildman–Crippen LogP) is 0.697. The Balaban J connectivity index is 1.54. The van der Waals surface area contributed by atoms with E-state index in [1.54, 1.807) is 44.2 Å². The highest BCUT2D eigenvalue weighted by Gasteiger charge is 2.62. The summed E-state index contributed by atoms with van der Waals surface area (Å²) in [5, 5.41) is 13.4. The Kier molecular flexibility index (Phi) is 7.51. The summed E-state index contributed by atoms with van der Waals surface area (Å²) in [6.45, 7) is 4.22. The van der Waals surface area contributed by atoms with Crippen LogP contribution in [-0.4, -0.2) is 63.8 Å². The van der Waals surface area contributed by atoms with Crippen LogP contribution in [0.2, 0.25) is 0 Å². The van der Waals surface area contributed by atoms with Crippen LogP contribution in [0.4, 0.5) is 0 Å². The van der Waals surface area contributed by atoms with E-state index in [1.165, 1.54) is 13.1 Å². The molecule has 2 saturated heterocycles. The molecule has 2 fully saturated rings. The Hall–Kier alpha value is -2.80. The van der Waals surface area contributed by atoms with Gasteiger partial charge in [0.1, 0.15) is 29.6 Å². The number of aromatic nitrogens is 2. The van der Waals surface area contributed by atoms with Crippen LogP contribution in [-0.2, 0) is 28.1 Å². The number of aliphatic hydroxyl groups is 1. The van der Waals surface area contributed by atoms with Gasteiger partial charge in [0.2, 0.25) is 0 Å². The van der Waals surface area contributed by atoms with E-state index >= 15 is 0 Å². The third-order valence-corrected chi connectivity index (χ3v) is 7.26. The van der Waals surface area contributed by atoms with Crippen LogP contribution < -0.4 is 20.9 Å². The third kappa shape index (κ3) is 5.46. The number of hydrogen-bond acceptors (Lipinski definition) is 10. The normalized spacial score (nSPS) is 27.5. The van der Waals surface area contributed by atoms with E-state index in [1.807, 2.05) is 0 Å². The number of fused-ring (bicyclic) bond motifs is 2. The second kappa shape index (κ2) is 10.3. The highest BCUT2D eigenvalue weighted by Crippen LogP contribution is 2.50. The molecule has 0 amide bonds. The van der Waals surface area contributed by atoms with E-state index in [4.69, 9.17) is 23.3 Å². The number of aromatic amines is 1. The number of benzene rings is 1. The molecule has 3 N–H and O–H groups in total. The number of aliphatic hydroxyl groups excluding tert-OH is 1. The van der Waals surface area contributed by atoms with Crippen molar-refractivity contribution in [3.05, 3.63) is 63.4 Å². The van der Waals surface area contributed by atoms with Crippen molar-refractivity contribution in [1.29, 1.82) is 0 Å². The van der Waals surface area contributed by atoms with Gasteiger partial charge in [-0.1, -0.05) is 18.2 Å². The molecule has 0 aliphatic carbocycles. The zero-order valence-electron chi connectivity index (χ0n) is 19.9. The van der Waals surface area contributed by atoms with Crippen molar-refractivity contribution in [2.75, 3.05) is 13.2 Å². The summed E-state index contributed by atoms with van der Waals surface area (Å²) in [5.74, 6) is -0.455. The average molecular weight is 525 g/mol. The molecule has 3 unspecified atom stereocenters.